The van der Waals surface area contributed by atoms with Crippen molar-refractivity contribution in [3.05, 3.63) is 47.4 Å². The summed E-state index contributed by atoms with van der Waals surface area (Å²) in [7, 11) is 2.97. The van der Waals surface area contributed by atoms with Gasteiger partial charge in [0.1, 0.15) is 23.0 Å². The van der Waals surface area contributed by atoms with E-state index in [9.17, 15) is 9.18 Å². The molecule has 0 bridgehead atoms. The topological polar surface area (TPSA) is 126 Å². The Labute approximate surface area is 163 Å². The fourth-order valence-corrected chi connectivity index (χ4v) is 2.71. The number of nitrogens with two attached hydrogens (primary N) is 3. The molecule has 0 spiro atoms. The van der Waals surface area contributed by atoms with Gasteiger partial charge in [0.15, 0.2) is 0 Å². The largest absolute Gasteiger partial charge is 0.497 e. The van der Waals surface area contributed by atoms with Crippen molar-refractivity contribution >= 4 is 17.3 Å². The number of rotatable bonds is 7. The van der Waals surface area contributed by atoms with Gasteiger partial charge in [0.2, 0.25) is 0 Å². The number of ether oxygens (including phenoxy) is 2. The second-order valence-corrected chi connectivity index (χ2v) is 6.03. The van der Waals surface area contributed by atoms with E-state index in [1.165, 1.54) is 26.4 Å². The molecular formula is C20H25FN4O3. The van der Waals surface area contributed by atoms with E-state index in [1.54, 1.807) is 18.2 Å². The Morgan fingerprint density at radius 3 is 2.46 bits per heavy atom. The lowest BCUT2D eigenvalue weighted by Gasteiger charge is -2.17. The molecule has 0 aliphatic rings. The van der Waals surface area contributed by atoms with Crippen LogP contribution in [0.25, 0.3) is 16.8 Å². The van der Waals surface area contributed by atoms with Crippen molar-refractivity contribution in [2.24, 2.45) is 11.5 Å². The predicted octanol–water partition coefficient (Wildman–Crippen LogP) is 2.20. The first-order valence-electron chi connectivity index (χ1n) is 8.69. The monoisotopic (exact) mass is 388 g/mol. The van der Waals surface area contributed by atoms with Crippen molar-refractivity contribution < 1.29 is 18.7 Å². The van der Waals surface area contributed by atoms with Crippen LogP contribution >= 0.6 is 0 Å². The zero-order valence-corrected chi connectivity index (χ0v) is 16.1. The molecule has 0 saturated heterocycles. The Kier molecular flexibility index (Phi) is 6.70. The highest BCUT2D eigenvalue weighted by molar-refractivity contribution is 6.01. The second kappa shape index (κ2) is 8.98. The van der Waals surface area contributed by atoms with Gasteiger partial charge in [-0.15, -0.1) is 0 Å². The fourth-order valence-electron chi connectivity index (χ4n) is 2.71. The fraction of sp³-hybridized carbons (Fsp3) is 0.250. The number of halogens is 1. The molecule has 2 rings (SSSR count). The number of nitrogens with one attached hydrogen (secondary N) is 1. The van der Waals surface area contributed by atoms with Crippen molar-refractivity contribution in [1.82, 2.24) is 5.32 Å². The van der Waals surface area contributed by atoms with E-state index in [0.717, 1.165) is 6.42 Å². The van der Waals surface area contributed by atoms with Gasteiger partial charge in [0.25, 0.3) is 5.91 Å². The standard InChI is InChI=1S/C20H25FN4O3/c1-4-9-25-20(26)19(24)18(23)13-7-8-14(21)16(17(13)22)12-6-5-11(27-2)10-15(12)28-3/h5-8,10H,4,9,22-24H2,1-3H3,(H,25,26)/b19-18+. The van der Waals surface area contributed by atoms with Crippen molar-refractivity contribution in [3.8, 4) is 22.6 Å². The summed E-state index contributed by atoms with van der Waals surface area (Å²) in [4.78, 5) is 12.1. The smallest absolute Gasteiger partial charge is 0.269 e. The molecule has 1 amide bonds. The number of hydrogen-bond acceptors (Lipinski definition) is 6. The first-order valence-corrected chi connectivity index (χ1v) is 8.69. The Balaban J connectivity index is 2.61. The number of methoxy groups -OCH3 is 2. The molecule has 0 aliphatic carbocycles. The van der Waals surface area contributed by atoms with E-state index < -0.39 is 11.7 Å². The molecule has 0 unspecified atom stereocenters. The third-order valence-electron chi connectivity index (χ3n) is 4.23. The summed E-state index contributed by atoms with van der Waals surface area (Å²) >= 11 is 0. The summed E-state index contributed by atoms with van der Waals surface area (Å²) in [6.07, 6.45) is 0.749. The molecule has 0 saturated carbocycles. The zero-order valence-electron chi connectivity index (χ0n) is 16.1. The quantitative estimate of drug-likeness (QED) is 0.426. The predicted molar refractivity (Wildman–Crippen MR) is 108 cm³/mol. The van der Waals surface area contributed by atoms with Gasteiger partial charge in [0.05, 0.1) is 25.6 Å². The van der Waals surface area contributed by atoms with Gasteiger partial charge < -0.3 is 32.0 Å². The van der Waals surface area contributed by atoms with E-state index in [-0.39, 0.29) is 28.2 Å². The first kappa shape index (κ1) is 20.9. The molecule has 0 fully saturated rings. The van der Waals surface area contributed by atoms with Gasteiger partial charge in [-0.05, 0) is 30.7 Å². The number of carbonyl (C=O) groups excluding carboxylic acids is 1. The highest BCUT2D eigenvalue weighted by atomic mass is 19.1. The van der Waals surface area contributed by atoms with Gasteiger partial charge in [-0.3, -0.25) is 4.79 Å². The molecular weight excluding hydrogens is 363 g/mol. The van der Waals surface area contributed by atoms with E-state index in [0.29, 0.717) is 23.6 Å². The molecule has 7 nitrogen and oxygen atoms in total. The van der Waals surface area contributed by atoms with Gasteiger partial charge in [-0.25, -0.2) is 4.39 Å². The summed E-state index contributed by atoms with van der Waals surface area (Å²) in [5, 5.41) is 2.64. The van der Waals surface area contributed by atoms with E-state index in [1.807, 2.05) is 6.92 Å². The van der Waals surface area contributed by atoms with Gasteiger partial charge in [-0.1, -0.05) is 6.92 Å². The number of carbonyl (C=O) groups is 1. The third kappa shape index (κ3) is 4.11. The Bertz CT molecular complexity index is 913. The minimum absolute atomic E-state index is 0.0279. The zero-order chi connectivity index (χ0) is 20.8. The lowest BCUT2D eigenvalue weighted by Crippen LogP contribution is -2.31. The molecule has 2 aromatic rings. The highest BCUT2D eigenvalue weighted by Crippen LogP contribution is 2.40. The molecule has 0 radical (unpaired) electrons. The SMILES string of the molecule is CCCNC(=O)/C(N)=C(\N)c1ccc(F)c(-c2ccc(OC)cc2OC)c1N. The maximum atomic E-state index is 14.7. The van der Waals surface area contributed by atoms with Gasteiger partial charge in [0, 0.05) is 29.3 Å². The van der Waals surface area contributed by atoms with Crippen molar-refractivity contribution in [3.63, 3.8) is 0 Å². The van der Waals surface area contributed by atoms with Crippen molar-refractivity contribution in [1.29, 1.82) is 0 Å². The minimum Gasteiger partial charge on any atom is -0.497 e. The van der Waals surface area contributed by atoms with Crippen LogP contribution in [0.1, 0.15) is 18.9 Å². The highest BCUT2D eigenvalue weighted by Gasteiger charge is 2.20. The molecule has 28 heavy (non-hydrogen) atoms. The van der Waals surface area contributed by atoms with Gasteiger partial charge >= 0.3 is 0 Å². The number of anilines is 1. The van der Waals surface area contributed by atoms with Crippen LogP contribution in [0, 0.1) is 5.82 Å². The molecule has 0 atom stereocenters. The summed E-state index contributed by atoms with van der Waals surface area (Å²) < 4.78 is 25.2. The van der Waals surface area contributed by atoms with E-state index in [4.69, 9.17) is 26.7 Å². The molecule has 2 aromatic carbocycles. The average molecular weight is 388 g/mol. The molecule has 0 heterocycles. The summed E-state index contributed by atoms with van der Waals surface area (Å²) in [6.45, 7) is 2.37. The minimum atomic E-state index is -0.563. The van der Waals surface area contributed by atoms with E-state index in [2.05, 4.69) is 5.32 Å². The lowest BCUT2D eigenvalue weighted by molar-refractivity contribution is -0.117. The number of nitrogen functional groups attached to an aromatic ring is 1. The number of hydrogen-bond donors (Lipinski definition) is 4. The van der Waals surface area contributed by atoms with Crippen LogP contribution in [-0.4, -0.2) is 26.7 Å². The van der Waals surface area contributed by atoms with Crippen LogP contribution in [0.2, 0.25) is 0 Å². The Hall–Kier alpha value is -3.42. The summed E-state index contributed by atoms with van der Waals surface area (Å²) in [6, 6.07) is 7.52. The van der Waals surface area contributed by atoms with Crippen LogP contribution in [0.5, 0.6) is 11.5 Å². The normalized spacial score (nSPS) is 11.6. The summed E-state index contributed by atoms with van der Waals surface area (Å²) in [5.41, 5.74) is 18.8. The van der Waals surface area contributed by atoms with Crippen LogP contribution in [-0.2, 0) is 4.79 Å². The average Bonchev–Trinajstić information content (AvgIpc) is 2.71. The molecule has 150 valence electrons. The van der Waals surface area contributed by atoms with Crippen LogP contribution in [0.3, 0.4) is 0 Å². The number of amides is 1. The van der Waals surface area contributed by atoms with E-state index >= 15 is 0 Å². The Morgan fingerprint density at radius 2 is 1.86 bits per heavy atom. The molecule has 7 N–H and O–H groups in total. The maximum Gasteiger partial charge on any atom is 0.269 e. The van der Waals surface area contributed by atoms with Crippen molar-refractivity contribution in [2.75, 3.05) is 26.5 Å². The molecule has 8 heteroatoms. The maximum absolute atomic E-state index is 14.7. The van der Waals surface area contributed by atoms with Crippen LogP contribution in [0.4, 0.5) is 10.1 Å². The lowest BCUT2D eigenvalue weighted by atomic mass is 9.96. The number of benzene rings is 2. The molecule has 0 aliphatic heterocycles. The van der Waals surface area contributed by atoms with Crippen LogP contribution < -0.4 is 32.0 Å². The van der Waals surface area contributed by atoms with Crippen LogP contribution in [0.15, 0.2) is 36.0 Å². The van der Waals surface area contributed by atoms with Gasteiger partial charge in [-0.2, -0.15) is 0 Å². The molecule has 0 aromatic heterocycles. The van der Waals surface area contributed by atoms with Crippen molar-refractivity contribution in [2.45, 2.75) is 13.3 Å². The Morgan fingerprint density at radius 1 is 1.14 bits per heavy atom. The third-order valence-corrected chi connectivity index (χ3v) is 4.23. The summed E-state index contributed by atoms with van der Waals surface area (Å²) in [5.74, 6) is -0.150. The second-order valence-electron chi connectivity index (χ2n) is 6.03. The first-order chi connectivity index (χ1) is 13.3.